The van der Waals surface area contributed by atoms with Crippen LogP contribution in [0.3, 0.4) is 0 Å². The Morgan fingerprint density at radius 2 is 2.04 bits per heavy atom. The van der Waals surface area contributed by atoms with Crippen molar-refractivity contribution in [2.75, 3.05) is 14.2 Å². The van der Waals surface area contributed by atoms with Crippen LogP contribution in [0.5, 0.6) is 5.75 Å². The van der Waals surface area contributed by atoms with E-state index in [9.17, 15) is 13.5 Å². The number of hydrogen-bond donors (Lipinski definition) is 2. The molecule has 0 saturated carbocycles. The summed E-state index contributed by atoms with van der Waals surface area (Å²) in [4.78, 5) is 4.07. The highest BCUT2D eigenvalue weighted by molar-refractivity contribution is 7.89. The number of aromatic hydroxyl groups is 1. The van der Waals surface area contributed by atoms with E-state index in [-0.39, 0.29) is 16.3 Å². The molecule has 0 bridgehead atoms. The summed E-state index contributed by atoms with van der Waals surface area (Å²) >= 11 is 1.11. The van der Waals surface area contributed by atoms with Gasteiger partial charge in [0.15, 0.2) is 11.4 Å². The molecule has 3 rings (SSSR count). The number of ether oxygens (including phenoxy) is 1. The molecule has 0 spiro atoms. The number of fused-ring (bicyclic) bond motifs is 1. The maximum absolute atomic E-state index is 12.0. The zero-order valence-corrected chi connectivity index (χ0v) is 16.0. The summed E-state index contributed by atoms with van der Waals surface area (Å²) in [5.41, 5.74) is 1.36. The lowest BCUT2D eigenvalue weighted by Crippen LogP contribution is -2.18. The van der Waals surface area contributed by atoms with Crippen LogP contribution in [0.1, 0.15) is 0 Å². The lowest BCUT2D eigenvalue weighted by molar-refractivity contribution is 0.422. The monoisotopic (exact) mass is 405 g/mol. The predicted octanol–water partition coefficient (Wildman–Crippen LogP) is 3.63. The fraction of sp³-hybridized carbons (Fsp3) is 0.125. The van der Waals surface area contributed by atoms with Crippen molar-refractivity contribution in [3.05, 3.63) is 36.4 Å². The summed E-state index contributed by atoms with van der Waals surface area (Å²) in [6.07, 6.45) is 1.19. The molecule has 0 saturated heterocycles. The molecule has 1 aromatic heterocycles. The second-order valence-corrected chi connectivity index (χ2v) is 7.86. The number of methoxy groups -OCH3 is 1. The van der Waals surface area contributed by atoms with Crippen LogP contribution in [0.4, 0.5) is 16.4 Å². The van der Waals surface area contributed by atoms with Crippen LogP contribution in [0.2, 0.25) is 0 Å². The third kappa shape index (κ3) is 4.10. The Morgan fingerprint density at radius 3 is 2.78 bits per heavy atom. The standard InChI is InChI=1S/C16H15N5O4S2/c1-17-27(23,24)11-4-5-13-12(8-11)16(26-21-13)20-19-10-3-6-15(22)14(7-10)18-9-25-2/h3-9,17,22H,1-2H3. The number of hydrogen-bond acceptors (Lipinski definition) is 9. The van der Waals surface area contributed by atoms with Gasteiger partial charge in [-0.1, -0.05) is 0 Å². The molecule has 0 aliphatic rings. The maximum atomic E-state index is 12.0. The predicted molar refractivity (Wildman–Crippen MR) is 103 cm³/mol. The van der Waals surface area contributed by atoms with Crippen LogP contribution < -0.4 is 4.72 Å². The van der Waals surface area contributed by atoms with Gasteiger partial charge in [0.25, 0.3) is 0 Å². The number of aliphatic imine (C=N–C) groups is 1. The van der Waals surface area contributed by atoms with Crippen LogP contribution in [0, 0.1) is 0 Å². The molecule has 0 amide bonds. The highest BCUT2D eigenvalue weighted by Gasteiger charge is 2.14. The topological polar surface area (TPSA) is 126 Å². The third-order valence-electron chi connectivity index (χ3n) is 3.52. The zero-order chi connectivity index (χ0) is 19.4. The lowest BCUT2D eigenvalue weighted by atomic mass is 10.2. The summed E-state index contributed by atoms with van der Waals surface area (Å²) in [5.74, 6) is -0.0209. The molecule has 0 atom stereocenters. The van der Waals surface area contributed by atoms with E-state index in [1.54, 1.807) is 12.1 Å². The van der Waals surface area contributed by atoms with Crippen molar-refractivity contribution in [1.82, 2.24) is 9.10 Å². The SMILES string of the molecule is CNS(=O)(=O)c1ccc2nsc(N=Nc3ccc(O)c(N=COC)c3)c2c1. The summed E-state index contributed by atoms with van der Waals surface area (Å²) in [6, 6.07) is 9.16. The van der Waals surface area contributed by atoms with Crippen LogP contribution in [-0.2, 0) is 14.8 Å². The Balaban J connectivity index is 1.97. The molecule has 2 aromatic carbocycles. The van der Waals surface area contributed by atoms with Gasteiger partial charge in [0.05, 0.1) is 23.2 Å². The lowest BCUT2D eigenvalue weighted by Gasteiger charge is -2.02. The minimum Gasteiger partial charge on any atom is -0.506 e. The van der Waals surface area contributed by atoms with Crippen molar-refractivity contribution in [2.24, 2.45) is 15.2 Å². The second-order valence-electron chi connectivity index (χ2n) is 5.22. The molecule has 0 unspecified atom stereocenters. The van der Waals surface area contributed by atoms with Gasteiger partial charge in [-0.15, -0.1) is 10.2 Å². The van der Waals surface area contributed by atoms with Crippen LogP contribution in [0.25, 0.3) is 10.9 Å². The van der Waals surface area contributed by atoms with Crippen molar-refractivity contribution in [3.63, 3.8) is 0 Å². The number of benzene rings is 2. The number of aromatic nitrogens is 1. The first-order chi connectivity index (χ1) is 12.9. The van der Waals surface area contributed by atoms with E-state index in [1.165, 1.54) is 44.8 Å². The van der Waals surface area contributed by atoms with E-state index in [0.717, 1.165) is 11.5 Å². The number of phenolic OH excluding ortho intramolecular Hbond substituents is 1. The summed E-state index contributed by atoms with van der Waals surface area (Å²) in [5, 5.41) is 19.1. The Hall–Kier alpha value is -2.89. The van der Waals surface area contributed by atoms with E-state index in [4.69, 9.17) is 4.74 Å². The van der Waals surface area contributed by atoms with Crippen LogP contribution in [0.15, 0.2) is 56.5 Å². The molecular formula is C16H15N5O4S2. The molecule has 11 heteroatoms. The number of azo groups is 1. The van der Waals surface area contributed by atoms with E-state index in [0.29, 0.717) is 21.6 Å². The number of nitrogens with zero attached hydrogens (tertiary/aromatic N) is 4. The minimum absolute atomic E-state index is 0.0209. The molecular weight excluding hydrogens is 390 g/mol. The molecule has 0 radical (unpaired) electrons. The van der Waals surface area contributed by atoms with E-state index < -0.39 is 10.0 Å². The quantitative estimate of drug-likeness (QED) is 0.368. The van der Waals surface area contributed by atoms with Gasteiger partial charge in [-0.3, -0.25) is 0 Å². The van der Waals surface area contributed by atoms with Crippen molar-refractivity contribution >= 4 is 55.2 Å². The minimum atomic E-state index is -3.57. The number of phenols is 1. The van der Waals surface area contributed by atoms with Gasteiger partial charge in [0.1, 0.15) is 11.4 Å². The first-order valence-corrected chi connectivity index (χ1v) is 9.83. The van der Waals surface area contributed by atoms with Gasteiger partial charge in [-0.25, -0.2) is 18.1 Å². The molecule has 27 heavy (non-hydrogen) atoms. The fourth-order valence-electron chi connectivity index (χ4n) is 2.15. The van der Waals surface area contributed by atoms with Gasteiger partial charge in [-0.05, 0) is 55.0 Å². The van der Waals surface area contributed by atoms with E-state index >= 15 is 0 Å². The number of nitrogens with one attached hydrogen (secondary N) is 1. The first-order valence-electron chi connectivity index (χ1n) is 7.57. The van der Waals surface area contributed by atoms with Gasteiger partial charge in [0.2, 0.25) is 10.0 Å². The van der Waals surface area contributed by atoms with Crippen molar-refractivity contribution < 1.29 is 18.3 Å². The molecule has 0 aliphatic carbocycles. The smallest absolute Gasteiger partial charge is 0.240 e. The van der Waals surface area contributed by atoms with Gasteiger partial charge < -0.3 is 9.84 Å². The van der Waals surface area contributed by atoms with Crippen molar-refractivity contribution in [2.45, 2.75) is 4.90 Å². The summed E-state index contributed by atoms with van der Waals surface area (Å²) < 4.78 is 35.2. The van der Waals surface area contributed by atoms with Gasteiger partial charge >= 0.3 is 0 Å². The first kappa shape index (κ1) is 18.9. The molecule has 0 fully saturated rings. The highest BCUT2D eigenvalue weighted by Crippen LogP contribution is 2.35. The molecule has 9 nitrogen and oxygen atoms in total. The Morgan fingerprint density at radius 1 is 1.22 bits per heavy atom. The third-order valence-corrected chi connectivity index (χ3v) is 5.69. The number of rotatable bonds is 6. The second kappa shape index (κ2) is 7.78. The highest BCUT2D eigenvalue weighted by atomic mass is 32.2. The average Bonchev–Trinajstić information content (AvgIpc) is 3.08. The van der Waals surface area contributed by atoms with Crippen LogP contribution in [-0.4, -0.2) is 38.5 Å². The van der Waals surface area contributed by atoms with Crippen LogP contribution >= 0.6 is 11.5 Å². The average molecular weight is 405 g/mol. The number of sulfonamides is 1. The van der Waals surface area contributed by atoms with E-state index in [1.807, 2.05) is 0 Å². The Kier molecular flexibility index (Phi) is 5.44. The molecule has 0 aliphatic heterocycles. The summed E-state index contributed by atoms with van der Waals surface area (Å²) in [7, 11) is -0.778. The van der Waals surface area contributed by atoms with Crippen molar-refractivity contribution in [3.8, 4) is 5.75 Å². The molecule has 2 N–H and O–H groups in total. The fourth-order valence-corrected chi connectivity index (χ4v) is 3.59. The normalized spacial score (nSPS) is 12.4. The zero-order valence-electron chi connectivity index (χ0n) is 14.3. The maximum Gasteiger partial charge on any atom is 0.240 e. The Labute approximate surface area is 159 Å². The molecule has 140 valence electrons. The van der Waals surface area contributed by atoms with E-state index in [2.05, 4.69) is 24.3 Å². The summed E-state index contributed by atoms with van der Waals surface area (Å²) in [6.45, 7) is 0. The van der Waals surface area contributed by atoms with Gasteiger partial charge in [0, 0.05) is 5.39 Å². The van der Waals surface area contributed by atoms with Crippen molar-refractivity contribution in [1.29, 1.82) is 0 Å². The largest absolute Gasteiger partial charge is 0.506 e. The van der Waals surface area contributed by atoms with Gasteiger partial charge in [-0.2, -0.15) is 4.37 Å². The molecule has 1 heterocycles. The molecule has 3 aromatic rings. The Bertz CT molecular complexity index is 1140.